The van der Waals surface area contributed by atoms with Crippen LogP contribution in [-0.4, -0.2) is 25.5 Å². The number of para-hydroxylation sites is 2. The van der Waals surface area contributed by atoms with Crippen LogP contribution in [0.3, 0.4) is 0 Å². The van der Waals surface area contributed by atoms with Gasteiger partial charge in [-0.15, -0.1) is 0 Å². The first kappa shape index (κ1) is 17.0. The van der Waals surface area contributed by atoms with E-state index in [1.807, 2.05) is 42.5 Å². The lowest BCUT2D eigenvalue weighted by Gasteiger charge is -2.24. The Hall–Kier alpha value is -2.82. The first-order valence-electron chi connectivity index (χ1n) is 8.59. The second-order valence-electron chi connectivity index (χ2n) is 5.89. The van der Waals surface area contributed by atoms with E-state index in [2.05, 4.69) is 23.3 Å². The van der Waals surface area contributed by atoms with Crippen molar-refractivity contribution in [1.29, 1.82) is 0 Å². The second kappa shape index (κ2) is 7.83. The van der Waals surface area contributed by atoms with E-state index in [1.165, 1.54) is 5.56 Å². The molecule has 1 heterocycles. The van der Waals surface area contributed by atoms with Crippen molar-refractivity contribution in [2.24, 2.45) is 4.99 Å². The average molecular weight is 337 g/mol. The number of hydrogen-bond donors (Lipinski definition) is 1. The Kier molecular flexibility index (Phi) is 5.33. The molecule has 2 aromatic carbocycles. The van der Waals surface area contributed by atoms with Crippen molar-refractivity contribution in [2.45, 2.75) is 26.2 Å². The molecule has 1 aliphatic heterocycles. The van der Waals surface area contributed by atoms with Crippen LogP contribution in [0.4, 0.5) is 16.2 Å². The smallest absolute Gasteiger partial charge is 0.331 e. The maximum absolute atomic E-state index is 13.0. The van der Waals surface area contributed by atoms with Crippen molar-refractivity contribution in [2.75, 3.05) is 23.9 Å². The molecule has 1 aliphatic rings. The van der Waals surface area contributed by atoms with Crippen LogP contribution in [0.15, 0.2) is 53.5 Å². The number of aryl methyl sites for hydroxylation is 1. The number of anilines is 2. The Morgan fingerprint density at radius 1 is 1.24 bits per heavy atom. The molecule has 0 aromatic heterocycles. The first-order valence-corrected chi connectivity index (χ1v) is 8.59. The van der Waals surface area contributed by atoms with Crippen LogP contribution in [0, 0.1) is 0 Å². The summed E-state index contributed by atoms with van der Waals surface area (Å²) in [5, 5.41) is 2.96. The highest BCUT2D eigenvalue weighted by atomic mass is 16.5. The summed E-state index contributed by atoms with van der Waals surface area (Å²) < 4.78 is 5.33. The highest BCUT2D eigenvalue weighted by molar-refractivity contribution is 6.20. The summed E-state index contributed by atoms with van der Waals surface area (Å²) in [5.74, 6) is 1.44. The third kappa shape index (κ3) is 3.82. The first-order chi connectivity index (χ1) is 12.2. The topological polar surface area (TPSA) is 53.9 Å². The Balaban J connectivity index is 1.92. The maximum atomic E-state index is 13.0. The Morgan fingerprint density at radius 3 is 2.80 bits per heavy atom. The van der Waals surface area contributed by atoms with Gasteiger partial charge in [0.15, 0.2) is 0 Å². The lowest BCUT2D eigenvalue weighted by molar-refractivity contribution is 0.259. The third-order valence-corrected chi connectivity index (χ3v) is 4.24. The number of aliphatic imine (C=N–C) groups is 1. The number of carbonyl (C=O) groups excluding carboxylic acids is 1. The zero-order valence-electron chi connectivity index (χ0n) is 14.7. The van der Waals surface area contributed by atoms with Gasteiger partial charge in [0, 0.05) is 13.0 Å². The molecule has 0 spiro atoms. The fraction of sp³-hybridized carbons (Fsp3) is 0.300. The van der Waals surface area contributed by atoms with Gasteiger partial charge in [0.25, 0.3) is 0 Å². The number of hydrogen-bond acceptors (Lipinski definition) is 3. The number of carbonyl (C=O) groups is 1. The number of urea groups is 1. The van der Waals surface area contributed by atoms with E-state index < -0.39 is 0 Å². The summed E-state index contributed by atoms with van der Waals surface area (Å²) in [5.41, 5.74) is 2.67. The number of amides is 2. The van der Waals surface area contributed by atoms with Crippen molar-refractivity contribution >= 4 is 23.2 Å². The number of ether oxygens (including phenoxy) is 1. The van der Waals surface area contributed by atoms with Gasteiger partial charge in [-0.25, -0.2) is 4.79 Å². The minimum Gasteiger partial charge on any atom is -0.495 e. The number of rotatable bonds is 4. The summed E-state index contributed by atoms with van der Waals surface area (Å²) >= 11 is 0. The van der Waals surface area contributed by atoms with Gasteiger partial charge in [0.2, 0.25) is 0 Å². The predicted octanol–water partition coefficient (Wildman–Crippen LogP) is 4.49. The van der Waals surface area contributed by atoms with Gasteiger partial charge in [-0.3, -0.25) is 9.89 Å². The van der Waals surface area contributed by atoms with Crippen molar-refractivity contribution in [1.82, 2.24) is 0 Å². The van der Waals surface area contributed by atoms with E-state index in [9.17, 15) is 4.79 Å². The van der Waals surface area contributed by atoms with E-state index in [4.69, 9.17) is 4.74 Å². The molecule has 0 bridgehead atoms. The van der Waals surface area contributed by atoms with E-state index in [0.29, 0.717) is 11.4 Å². The highest BCUT2D eigenvalue weighted by Crippen LogP contribution is 2.26. The van der Waals surface area contributed by atoms with Gasteiger partial charge < -0.3 is 10.1 Å². The monoisotopic (exact) mass is 337 g/mol. The number of amidine groups is 1. The molecular weight excluding hydrogens is 314 g/mol. The van der Waals surface area contributed by atoms with Crippen LogP contribution in [0.5, 0.6) is 5.75 Å². The van der Waals surface area contributed by atoms with Crippen LogP contribution < -0.4 is 15.0 Å². The highest BCUT2D eigenvalue weighted by Gasteiger charge is 2.24. The number of benzene rings is 2. The van der Waals surface area contributed by atoms with Crippen LogP contribution in [0.2, 0.25) is 0 Å². The molecular formula is C20H23N3O2. The molecule has 25 heavy (non-hydrogen) atoms. The van der Waals surface area contributed by atoms with E-state index in [1.54, 1.807) is 12.0 Å². The lowest BCUT2D eigenvalue weighted by Crippen LogP contribution is -2.39. The summed E-state index contributed by atoms with van der Waals surface area (Å²) in [6, 6.07) is 15.2. The zero-order chi connectivity index (χ0) is 17.6. The maximum Gasteiger partial charge on any atom is 0.331 e. The van der Waals surface area contributed by atoms with Crippen molar-refractivity contribution in [3.63, 3.8) is 0 Å². The number of nitrogens with one attached hydrogen (secondary N) is 1. The summed E-state index contributed by atoms with van der Waals surface area (Å²) in [7, 11) is 1.59. The molecule has 5 heteroatoms. The van der Waals surface area contributed by atoms with Gasteiger partial charge in [-0.2, -0.15) is 0 Å². The molecule has 0 unspecified atom stereocenters. The minimum atomic E-state index is -0.224. The van der Waals surface area contributed by atoms with Crippen molar-refractivity contribution < 1.29 is 9.53 Å². The molecule has 1 N–H and O–H groups in total. The molecule has 130 valence electrons. The van der Waals surface area contributed by atoms with Crippen LogP contribution in [0.1, 0.15) is 25.3 Å². The van der Waals surface area contributed by atoms with Crippen LogP contribution >= 0.6 is 0 Å². The molecule has 2 amide bonds. The van der Waals surface area contributed by atoms with E-state index in [0.717, 1.165) is 37.3 Å². The van der Waals surface area contributed by atoms with Gasteiger partial charge in [-0.05, 0) is 42.7 Å². The predicted molar refractivity (Wildman–Crippen MR) is 102 cm³/mol. The van der Waals surface area contributed by atoms with Gasteiger partial charge in [0.1, 0.15) is 11.6 Å². The fourth-order valence-corrected chi connectivity index (χ4v) is 2.92. The van der Waals surface area contributed by atoms with E-state index in [-0.39, 0.29) is 6.03 Å². The molecule has 0 fully saturated rings. The van der Waals surface area contributed by atoms with Gasteiger partial charge >= 0.3 is 6.03 Å². The van der Waals surface area contributed by atoms with Crippen LogP contribution in [0.25, 0.3) is 0 Å². The second-order valence-corrected chi connectivity index (χ2v) is 5.89. The molecule has 5 nitrogen and oxygen atoms in total. The van der Waals surface area contributed by atoms with Gasteiger partial charge in [0.05, 0.1) is 18.5 Å². The molecule has 0 aliphatic carbocycles. The SMILES string of the molecule is CCc1cccc(N(C(=O)Nc2ccccc2OC)C2=NCCC2)c1. The molecule has 0 saturated carbocycles. The molecule has 0 saturated heterocycles. The normalized spacial score (nSPS) is 13.3. The lowest BCUT2D eigenvalue weighted by atomic mass is 10.1. The van der Waals surface area contributed by atoms with Gasteiger partial charge in [-0.1, -0.05) is 31.2 Å². The number of nitrogens with zero attached hydrogens (tertiary/aromatic N) is 2. The molecule has 0 radical (unpaired) electrons. The molecule has 2 aromatic rings. The standard InChI is InChI=1S/C20H23N3O2/c1-3-15-8-6-9-16(14-15)23(19-12-7-13-21-19)20(24)22-17-10-4-5-11-18(17)25-2/h4-6,8-11,14H,3,7,12-13H2,1-2H3,(H,22,24). The minimum absolute atomic E-state index is 0.224. The molecule has 0 atom stereocenters. The summed E-state index contributed by atoms with van der Waals surface area (Å²) in [6.07, 6.45) is 2.69. The number of methoxy groups -OCH3 is 1. The van der Waals surface area contributed by atoms with Crippen LogP contribution in [-0.2, 0) is 6.42 Å². The van der Waals surface area contributed by atoms with Crippen molar-refractivity contribution in [3.8, 4) is 5.75 Å². The fourth-order valence-electron chi connectivity index (χ4n) is 2.92. The summed E-state index contributed by atoms with van der Waals surface area (Å²) in [6.45, 7) is 2.87. The van der Waals surface area contributed by atoms with Crippen molar-refractivity contribution in [3.05, 3.63) is 54.1 Å². The molecule has 3 rings (SSSR count). The third-order valence-electron chi connectivity index (χ3n) is 4.24. The average Bonchev–Trinajstić information content (AvgIpc) is 3.16. The quantitative estimate of drug-likeness (QED) is 0.894. The largest absolute Gasteiger partial charge is 0.495 e. The Morgan fingerprint density at radius 2 is 2.08 bits per heavy atom. The Labute approximate surface area is 148 Å². The van der Waals surface area contributed by atoms with E-state index >= 15 is 0 Å². The zero-order valence-corrected chi connectivity index (χ0v) is 14.7. The Bertz CT molecular complexity index is 786. The summed E-state index contributed by atoms with van der Waals surface area (Å²) in [4.78, 5) is 19.2.